The van der Waals surface area contributed by atoms with Crippen LogP contribution in [0.5, 0.6) is 0 Å². The Morgan fingerprint density at radius 3 is 2.77 bits per heavy atom. The van der Waals surface area contributed by atoms with Crippen molar-refractivity contribution in [3.05, 3.63) is 81.2 Å². The molecule has 3 N–H and O–H groups in total. The zero-order valence-corrected chi connectivity index (χ0v) is 16.9. The number of hydrogen-bond donors (Lipinski definition) is 2. The molecular weight excluding hydrogens is 421 g/mol. The molecular formula is C21H15ClFN7O. The zero-order chi connectivity index (χ0) is 22.1. The van der Waals surface area contributed by atoms with Gasteiger partial charge in [-0.05, 0) is 37.3 Å². The van der Waals surface area contributed by atoms with E-state index in [9.17, 15) is 14.4 Å². The molecule has 0 saturated carbocycles. The predicted octanol–water partition coefficient (Wildman–Crippen LogP) is 3.60. The van der Waals surface area contributed by atoms with E-state index < -0.39 is 17.4 Å². The lowest BCUT2D eigenvalue weighted by Crippen LogP contribution is -2.28. The summed E-state index contributed by atoms with van der Waals surface area (Å²) < 4.78 is 15.2. The molecule has 2 heterocycles. The van der Waals surface area contributed by atoms with Gasteiger partial charge in [0.25, 0.3) is 5.56 Å². The van der Waals surface area contributed by atoms with Crippen LogP contribution in [-0.2, 0) is 0 Å². The third-order valence-electron chi connectivity index (χ3n) is 4.61. The van der Waals surface area contributed by atoms with Crippen molar-refractivity contribution in [2.24, 2.45) is 0 Å². The summed E-state index contributed by atoms with van der Waals surface area (Å²) in [7, 11) is 0. The van der Waals surface area contributed by atoms with Crippen LogP contribution in [0.3, 0.4) is 0 Å². The third kappa shape index (κ3) is 3.76. The fourth-order valence-corrected chi connectivity index (χ4v) is 3.47. The van der Waals surface area contributed by atoms with Gasteiger partial charge < -0.3 is 11.1 Å². The van der Waals surface area contributed by atoms with E-state index in [2.05, 4.69) is 20.3 Å². The smallest absolute Gasteiger partial charge is 0.267 e. The number of nitriles is 1. The number of hydrogen-bond acceptors (Lipinski definition) is 7. The second-order valence-corrected chi connectivity index (χ2v) is 7.10. The van der Waals surface area contributed by atoms with E-state index in [4.69, 9.17) is 17.3 Å². The Kier molecular flexibility index (Phi) is 5.23. The minimum atomic E-state index is -0.624. The lowest BCUT2D eigenvalue weighted by molar-refractivity contribution is 0.624. The minimum Gasteiger partial charge on any atom is -0.368 e. The molecule has 0 saturated heterocycles. The normalized spacial score (nSPS) is 11.8. The number of rotatable bonds is 4. The average molecular weight is 436 g/mol. The summed E-state index contributed by atoms with van der Waals surface area (Å²) in [5, 5.41) is 12.8. The van der Waals surface area contributed by atoms with Crippen molar-refractivity contribution in [3.63, 3.8) is 0 Å². The Morgan fingerprint density at radius 1 is 1.26 bits per heavy atom. The summed E-state index contributed by atoms with van der Waals surface area (Å²) in [5.41, 5.74) is 6.04. The maximum atomic E-state index is 14.0. The Balaban J connectivity index is 1.95. The van der Waals surface area contributed by atoms with E-state index in [0.29, 0.717) is 5.52 Å². The molecule has 0 radical (unpaired) electrons. The molecule has 0 aliphatic carbocycles. The van der Waals surface area contributed by atoms with E-state index in [1.165, 1.54) is 29.0 Å². The summed E-state index contributed by atoms with van der Waals surface area (Å²) in [6, 6.07) is 11.9. The summed E-state index contributed by atoms with van der Waals surface area (Å²) in [4.78, 5) is 25.9. The number of benzene rings is 2. The second kappa shape index (κ2) is 8.01. The van der Waals surface area contributed by atoms with Crippen LogP contribution in [-0.4, -0.2) is 19.5 Å². The first-order valence-electron chi connectivity index (χ1n) is 9.15. The van der Waals surface area contributed by atoms with Crippen molar-refractivity contribution >= 4 is 34.3 Å². The topological polar surface area (TPSA) is 123 Å². The molecule has 0 bridgehead atoms. The highest BCUT2D eigenvalue weighted by Crippen LogP contribution is 2.25. The fraction of sp³-hybridized carbons (Fsp3) is 0.0952. The van der Waals surface area contributed by atoms with Gasteiger partial charge in [0, 0.05) is 0 Å². The molecule has 0 unspecified atom stereocenters. The SMILES string of the molecule is C[C@H](Nc1nc(N)ncc1C#N)c1nc2cccc(Cl)c2c(=O)n1-c1cccc(F)c1. The molecule has 31 heavy (non-hydrogen) atoms. The van der Waals surface area contributed by atoms with Gasteiger partial charge in [0.05, 0.1) is 33.9 Å². The number of nitrogen functional groups attached to an aromatic ring is 1. The maximum Gasteiger partial charge on any atom is 0.267 e. The van der Waals surface area contributed by atoms with Crippen LogP contribution in [0.2, 0.25) is 5.02 Å². The molecule has 4 rings (SSSR count). The van der Waals surface area contributed by atoms with Crippen LogP contribution in [0.1, 0.15) is 24.4 Å². The van der Waals surface area contributed by atoms with Gasteiger partial charge in [0.15, 0.2) is 0 Å². The van der Waals surface area contributed by atoms with E-state index in [1.807, 2.05) is 6.07 Å². The predicted molar refractivity (Wildman–Crippen MR) is 116 cm³/mol. The monoisotopic (exact) mass is 435 g/mol. The summed E-state index contributed by atoms with van der Waals surface area (Å²) in [6.07, 6.45) is 1.30. The zero-order valence-electron chi connectivity index (χ0n) is 16.2. The number of nitrogens with one attached hydrogen (secondary N) is 1. The molecule has 8 nitrogen and oxygen atoms in total. The van der Waals surface area contributed by atoms with Crippen molar-refractivity contribution in [2.75, 3.05) is 11.1 Å². The van der Waals surface area contributed by atoms with Crippen molar-refractivity contribution in [1.29, 1.82) is 5.26 Å². The lowest BCUT2D eigenvalue weighted by atomic mass is 10.2. The molecule has 0 aliphatic rings. The van der Waals surface area contributed by atoms with Crippen molar-refractivity contribution in [3.8, 4) is 11.8 Å². The number of halogens is 2. The minimum absolute atomic E-state index is 0.0190. The largest absolute Gasteiger partial charge is 0.368 e. The quantitative estimate of drug-likeness (QED) is 0.502. The van der Waals surface area contributed by atoms with Gasteiger partial charge in [-0.25, -0.2) is 14.4 Å². The molecule has 0 fully saturated rings. The molecule has 4 aromatic rings. The van der Waals surface area contributed by atoms with Crippen LogP contribution in [0.15, 0.2) is 53.5 Å². The van der Waals surface area contributed by atoms with Crippen LogP contribution in [0, 0.1) is 17.1 Å². The van der Waals surface area contributed by atoms with Gasteiger partial charge in [-0.2, -0.15) is 10.2 Å². The Morgan fingerprint density at radius 2 is 2.03 bits per heavy atom. The van der Waals surface area contributed by atoms with E-state index in [-0.39, 0.29) is 39.3 Å². The van der Waals surface area contributed by atoms with E-state index >= 15 is 0 Å². The highest BCUT2D eigenvalue weighted by Gasteiger charge is 2.21. The Hall–Kier alpha value is -4.03. The van der Waals surface area contributed by atoms with Crippen molar-refractivity contribution in [1.82, 2.24) is 19.5 Å². The maximum absolute atomic E-state index is 14.0. The molecule has 0 amide bonds. The third-order valence-corrected chi connectivity index (χ3v) is 4.92. The molecule has 10 heteroatoms. The van der Waals surface area contributed by atoms with Gasteiger partial charge in [-0.15, -0.1) is 0 Å². The van der Waals surface area contributed by atoms with Gasteiger partial charge >= 0.3 is 0 Å². The number of nitrogens with zero attached hydrogens (tertiary/aromatic N) is 5. The summed E-state index contributed by atoms with van der Waals surface area (Å²) in [5.74, 6) is -0.0693. The van der Waals surface area contributed by atoms with Crippen LogP contribution >= 0.6 is 11.6 Å². The molecule has 0 spiro atoms. The molecule has 2 aromatic heterocycles. The summed E-state index contributed by atoms with van der Waals surface area (Å²) >= 11 is 6.26. The van der Waals surface area contributed by atoms with Crippen molar-refractivity contribution < 1.29 is 4.39 Å². The fourth-order valence-electron chi connectivity index (χ4n) is 3.22. The lowest BCUT2D eigenvalue weighted by Gasteiger charge is -2.20. The van der Waals surface area contributed by atoms with Gasteiger partial charge in [0.1, 0.15) is 29.1 Å². The number of aromatic nitrogens is 4. The summed E-state index contributed by atoms with van der Waals surface area (Å²) in [6.45, 7) is 1.73. The molecule has 0 aliphatic heterocycles. The van der Waals surface area contributed by atoms with Crippen LogP contribution in [0.4, 0.5) is 16.2 Å². The second-order valence-electron chi connectivity index (χ2n) is 6.69. The standard InChI is InChI=1S/C21H15ClFN7O/c1-11(27-18-12(9-24)10-26-21(25)29-18)19-28-16-7-3-6-15(22)17(16)20(31)30(19)14-5-2-4-13(23)8-14/h2-8,10-11H,1H3,(H3,25,26,27,29)/t11-/m0/s1. The van der Waals surface area contributed by atoms with Gasteiger partial charge in [0.2, 0.25) is 5.95 Å². The van der Waals surface area contributed by atoms with Crippen LogP contribution in [0.25, 0.3) is 16.6 Å². The van der Waals surface area contributed by atoms with Gasteiger partial charge in [-0.3, -0.25) is 9.36 Å². The molecule has 2 aromatic carbocycles. The first-order valence-corrected chi connectivity index (χ1v) is 9.53. The Labute approximate surface area is 180 Å². The average Bonchev–Trinajstić information content (AvgIpc) is 2.73. The highest BCUT2D eigenvalue weighted by molar-refractivity contribution is 6.35. The van der Waals surface area contributed by atoms with Gasteiger partial charge in [-0.1, -0.05) is 23.7 Å². The first-order chi connectivity index (χ1) is 14.9. The van der Waals surface area contributed by atoms with E-state index in [1.54, 1.807) is 31.2 Å². The number of anilines is 2. The van der Waals surface area contributed by atoms with Crippen LogP contribution < -0.4 is 16.6 Å². The highest BCUT2D eigenvalue weighted by atomic mass is 35.5. The molecule has 154 valence electrons. The number of fused-ring (bicyclic) bond motifs is 1. The Bertz CT molecular complexity index is 1410. The molecule has 1 atom stereocenters. The van der Waals surface area contributed by atoms with Crippen molar-refractivity contribution in [2.45, 2.75) is 13.0 Å². The van der Waals surface area contributed by atoms with E-state index in [0.717, 1.165) is 0 Å². The first kappa shape index (κ1) is 20.3. The number of nitrogens with two attached hydrogens (primary N) is 1.